The summed E-state index contributed by atoms with van der Waals surface area (Å²) < 4.78 is 26.1. The van der Waals surface area contributed by atoms with Crippen LogP contribution in [0, 0.1) is 17.6 Å². The van der Waals surface area contributed by atoms with E-state index >= 15 is 0 Å². The van der Waals surface area contributed by atoms with Crippen LogP contribution in [-0.2, 0) is 6.42 Å². The maximum atomic E-state index is 13.3. The summed E-state index contributed by atoms with van der Waals surface area (Å²) in [5.74, 6) is -0.325. The van der Waals surface area contributed by atoms with Gasteiger partial charge in [-0.25, -0.2) is 8.78 Å². The fourth-order valence-electron chi connectivity index (χ4n) is 1.57. The Labute approximate surface area is 89.5 Å². The van der Waals surface area contributed by atoms with Crippen LogP contribution < -0.4 is 5.32 Å². The van der Waals surface area contributed by atoms with Crippen molar-refractivity contribution in [1.82, 2.24) is 5.32 Å². The highest BCUT2D eigenvalue weighted by Gasteiger charge is 2.08. The average Bonchev–Trinajstić information content (AvgIpc) is 2.20. The summed E-state index contributed by atoms with van der Waals surface area (Å²) in [6, 6.07) is 3.62. The SMILES string of the molecule is CNCCC(C)Cc1cc(F)ccc1F. The van der Waals surface area contributed by atoms with Crippen LogP contribution in [0.2, 0.25) is 0 Å². The van der Waals surface area contributed by atoms with Gasteiger partial charge < -0.3 is 5.32 Å². The molecule has 84 valence electrons. The van der Waals surface area contributed by atoms with E-state index in [0.29, 0.717) is 17.9 Å². The Bertz CT molecular complexity index is 312. The Kier molecular flexibility index (Phi) is 4.69. The van der Waals surface area contributed by atoms with Gasteiger partial charge in [0.1, 0.15) is 11.6 Å². The van der Waals surface area contributed by atoms with Gasteiger partial charge in [-0.2, -0.15) is 0 Å². The van der Waals surface area contributed by atoms with Crippen LogP contribution in [0.3, 0.4) is 0 Å². The minimum Gasteiger partial charge on any atom is -0.320 e. The molecule has 1 atom stereocenters. The molecule has 1 rings (SSSR count). The lowest BCUT2D eigenvalue weighted by Crippen LogP contribution is -2.13. The van der Waals surface area contributed by atoms with E-state index in [4.69, 9.17) is 0 Å². The van der Waals surface area contributed by atoms with Crippen molar-refractivity contribution in [2.45, 2.75) is 19.8 Å². The molecule has 3 heteroatoms. The molecule has 1 N–H and O–H groups in total. The maximum absolute atomic E-state index is 13.3. The van der Waals surface area contributed by atoms with Gasteiger partial charge in [0.2, 0.25) is 0 Å². The molecular weight excluding hydrogens is 196 g/mol. The van der Waals surface area contributed by atoms with Crippen LogP contribution in [0.5, 0.6) is 0 Å². The lowest BCUT2D eigenvalue weighted by Gasteiger charge is -2.11. The summed E-state index contributed by atoms with van der Waals surface area (Å²) in [6.07, 6.45) is 1.55. The fourth-order valence-corrected chi connectivity index (χ4v) is 1.57. The molecule has 0 amide bonds. The largest absolute Gasteiger partial charge is 0.320 e. The summed E-state index contributed by atoms with van der Waals surface area (Å²) in [4.78, 5) is 0. The number of hydrogen-bond acceptors (Lipinski definition) is 1. The van der Waals surface area contributed by atoms with Gasteiger partial charge in [0.05, 0.1) is 0 Å². The average molecular weight is 213 g/mol. The first-order chi connectivity index (χ1) is 7.13. The summed E-state index contributed by atoms with van der Waals surface area (Å²) in [5, 5.41) is 3.04. The van der Waals surface area contributed by atoms with Crippen LogP contribution >= 0.6 is 0 Å². The molecule has 0 fully saturated rings. The van der Waals surface area contributed by atoms with Gasteiger partial charge in [0.25, 0.3) is 0 Å². The highest BCUT2D eigenvalue weighted by molar-refractivity contribution is 5.19. The van der Waals surface area contributed by atoms with Crippen molar-refractivity contribution in [3.8, 4) is 0 Å². The van der Waals surface area contributed by atoms with Crippen molar-refractivity contribution in [3.05, 3.63) is 35.4 Å². The van der Waals surface area contributed by atoms with E-state index in [1.807, 2.05) is 14.0 Å². The molecule has 0 aliphatic carbocycles. The number of halogens is 2. The zero-order valence-corrected chi connectivity index (χ0v) is 9.19. The van der Waals surface area contributed by atoms with E-state index in [9.17, 15) is 8.78 Å². The Balaban J connectivity index is 2.59. The van der Waals surface area contributed by atoms with E-state index in [2.05, 4.69) is 5.32 Å². The molecule has 0 radical (unpaired) electrons. The quantitative estimate of drug-likeness (QED) is 0.793. The highest BCUT2D eigenvalue weighted by atomic mass is 19.1. The second-order valence-electron chi connectivity index (χ2n) is 3.94. The van der Waals surface area contributed by atoms with E-state index in [-0.39, 0.29) is 11.6 Å². The molecule has 0 saturated carbocycles. The summed E-state index contributed by atoms with van der Waals surface area (Å²) in [7, 11) is 1.88. The van der Waals surface area contributed by atoms with E-state index in [0.717, 1.165) is 19.0 Å². The van der Waals surface area contributed by atoms with Crippen molar-refractivity contribution < 1.29 is 8.78 Å². The van der Waals surface area contributed by atoms with E-state index in [1.165, 1.54) is 12.1 Å². The van der Waals surface area contributed by atoms with Crippen molar-refractivity contribution in [1.29, 1.82) is 0 Å². The van der Waals surface area contributed by atoms with E-state index in [1.54, 1.807) is 0 Å². The first-order valence-electron chi connectivity index (χ1n) is 5.22. The number of hydrogen-bond donors (Lipinski definition) is 1. The topological polar surface area (TPSA) is 12.0 Å². The van der Waals surface area contributed by atoms with Gasteiger partial charge in [-0.05, 0) is 56.1 Å². The van der Waals surface area contributed by atoms with Crippen LogP contribution in [0.25, 0.3) is 0 Å². The second kappa shape index (κ2) is 5.81. The van der Waals surface area contributed by atoms with Crippen LogP contribution in [0.4, 0.5) is 8.78 Å². The lowest BCUT2D eigenvalue weighted by molar-refractivity contribution is 0.495. The Morgan fingerprint density at radius 2 is 2.07 bits per heavy atom. The molecule has 0 aromatic heterocycles. The third-order valence-electron chi connectivity index (χ3n) is 2.46. The normalized spacial score (nSPS) is 12.8. The summed E-state index contributed by atoms with van der Waals surface area (Å²) in [5.41, 5.74) is 0.471. The standard InChI is InChI=1S/C12H17F2N/c1-9(5-6-15-2)7-10-8-11(13)3-4-12(10)14/h3-4,8-9,15H,5-7H2,1-2H3. The van der Waals surface area contributed by atoms with E-state index < -0.39 is 0 Å². The van der Waals surface area contributed by atoms with Crippen LogP contribution in [-0.4, -0.2) is 13.6 Å². The fraction of sp³-hybridized carbons (Fsp3) is 0.500. The summed E-state index contributed by atoms with van der Waals surface area (Å²) >= 11 is 0. The molecule has 1 nitrogen and oxygen atoms in total. The van der Waals surface area contributed by atoms with Gasteiger partial charge in [0.15, 0.2) is 0 Å². The molecular formula is C12H17F2N. The van der Waals surface area contributed by atoms with Crippen molar-refractivity contribution in [2.75, 3.05) is 13.6 Å². The first kappa shape index (κ1) is 12.1. The molecule has 0 spiro atoms. The van der Waals surface area contributed by atoms with Gasteiger partial charge in [-0.3, -0.25) is 0 Å². The minimum absolute atomic E-state index is 0.312. The van der Waals surface area contributed by atoms with Gasteiger partial charge in [0, 0.05) is 0 Å². The van der Waals surface area contributed by atoms with Gasteiger partial charge in [-0.15, -0.1) is 0 Å². The maximum Gasteiger partial charge on any atom is 0.126 e. The Morgan fingerprint density at radius 3 is 2.73 bits per heavy atom. The first-order valence-corrected chi connectivity index (χ1v) is 5.22. The predicted molar refractivity (Wildman–Crippen MR) is 57.8 cm³/mol. The van der Waals surface area contributed by atoms with Gasteiger partial charge in [-0.1, -0.05) is 6.92 Å². The summed E-state index contributed by atoms with van der Waals surface area (Å²) in [6.45, 7) is 2.94. The molecule has 15 heavy (non-hydrogen) atoms. The highest BCUT2D eigenvalue weighted by Crippen LogP contribution is 2.16. The molecule has 1 aromatic rings. The Hall–Kier alpha value is -0.960. The zero-order valence-electron chi connectivity index (χ0n) is 9.19. The van der Waals surface area contributed by atoms with Crippen molar-refractivity contribution in [2.24, 2.45) is 5.92 Å². The monoisotopic (exact) mass is 213 g/mol. The van der Waals surface area contributed by atoms with Crippen LogP contribution in [0.15, 0.2) is 18.2 Å². The molecule has 0 saturated heterocycles. The smallest absolute Gasteiger partial charge is 0.126 e. The lowest BCUT2D eigenvalue weighted by atomic mass is 9.97. The number of nitrogens with one attached hydrogen (secondary N) is 1. The number of rotatable bonds is 5. The Morgan fingerprint density at radius 1 is 1.33 bits per heavy atom. The molecule has 0 aliphatic heterocycles. The third kappa shape index (κ3) is 3.96. The minimum atomic E-state index is -0.368. The molecule has 1 unspecified atom stereocenters. The van der Waals surface area contributed by atoms with Gasteiger partial charge >= 0.3 is 0 Å². The second-order valence-corrected chi connectivity index (χ2v) is 3.94. The molecule has 1 aromatic carbocycles. The number of benzene rings is 1. The van der Waals surface area contributed by atoms with Crippen molar-refractivity contribution in [3.63, 3.8) is 0 Å². The molecule has 0 heterocycles. The van der Waals surface area contributed by atoms with Crippen molar-refractivity contribution >= 4 is 0 Å². The molecule has 0 bridgehead atoms. The predicted octanol–water partition coefficient (Wildman–Crippen LogP) is 2.75. The zero-order chi connectivity index (χ0) is 11.3. The molecule has 0 aliphatic rings. The van der Waals surface area contributed by atoms with Crippen LogP contribution in [0.1, 0.15) is 18.9 Å². The third-order valence-corrected chi connectivity index (χ3v) is 2.46.